The molecule has 2 aromatic rings. The standard InChI is InChI=1S/C17H15F2NO5S/c18-17(19)26(24,25)13-8-6-12(7-9-13)15(21)20-14(16(22)23)10-11-4-2-1-3-5-11/h1-9,14,17H,10H2,(H,20,21)(H,22,23). The molecule has 0 spiro atoms. The second-order valence-electron chi connectivity index (χ2n) is 5.38. The van der Waals surface area contributed by atoms with Crippen LogP contribution in [0.3, 0.4) is 0 Å². The van der Waals surface area contributed by atoms with E-state index in [0.29, 0.717) is 5.56 Å². The molecule has 0 fully saturated rings. The minimum absolute atomic E-state index is 0.0440. The Morgan fingerprint density at radius 1 is 1.00 bits per heavy atom. The fourth-order valence-corrected chi connectivity index (χ4v) is 2.91. The Kier molecular flexibility index (Phi) is 6.04. The van der Waals surface area contributed by atoms with E-state index in [2.05, 4.69) is 5.32 Å². The summed E-state index contributed by atoms with van der Waals surface area (Å²) in [6, 6.07) is 11.3. The SMILES string of the molecule is O=C(NC(Cc1ccccc1)C(=O)O)c1ccc(S(=O)(=O)C(F)F)cc1. The van der Waals surface area contributed by atoms with E-state index in [1.54, 1.807) is 30.3 Å². The van der Waals surface area contributed by atoms with E-state index >= 15 is 0 Å². The molecule has 6 nitrogen and oxygen atoms in total. The largest absolute Gasteiger partial charge is 0.480 e. The maximum Gasteiger partial charge on any atom is 0.341 e. The van der Waals surface area contributed by atoms with Crippen LogP contribution in [0.5, 0.6) is 0 Å². The van der Waals surface area contributed by atoms with Crippen LogP contribution in [0, 0.1) is 0 Å². The second kappa shape index (κ2) is 8.05. The lowest BCUT2D eigenvalue weighted by Gasteiger charge is -2.15. The molecule has 0 heterocycles. The zero-order valence-electron chi connectivity index (χ0n) is 13.3. The highest BCUT2D eigenvalue weighted by Crippen LogP contribution is 2.18. The monoisotopic (exact) mass is 383 g/mol. The molecule has 0 aliphatic heterocycles. The predicted octanol–water partition coefficient (Wildman–Crippen LogP) is 2.11. The lowest BCUT2D eigenvalue weighted by Crippen LogP contribution is -2.42. The maximum absolute atomic E-state index is 12.5. The van der Waals surface area contributed by atoms with Gasteiger partial charge in [-0.25, -0.2) is 13.2 Å². The highest BCUT2D eigenvalue weighted by molar-refractivity contribution is 7.91. The summed E-state index contributed by atoms with van der Waals surface area (Å²) in [5, 5.41) is 11.6. The van der Waals surface area contributed by atoms with E-state index in [-0.39, 0.29) is 12.0 Å². The van der Waals surface area contributed by atoms with Crippen LogP contribution >= 0.6 is 0 Å². The van der Waals surface area contributed by atoms with Crippen molar-refractivity contribution in [2.45, 2.75) is 23.1 Å². The van der Waals surface area contributed by atoms with Crippen molar-refractivity contribution in [2.24, 2.45) is 0 Å². The number of alkyl halides is 2. The first-order valence-electron chi connectivity index (χ1n) is 7.41. The Hall–Kier alpha value is -2.81. The molecule has 0 aliphatic carbocycles. The van der Waals surface area contributed by atoms with Gasteiger partial charge in [-0.15, -0.1) is 0 Å². The number of amides is 1. The first-order valence-corrected chi connectivity index (χ1v) is 8.96. The highest BCUT2D eigenvalue weighted by Gasteiger charge is 2.27. The average Bonchev–Trinajstić information content (AvgIpc) is 2.61. The molecule has 0 bridgehead atoms. The van der Waals surface area contributed by atoms with Crippen LogP contribution in [0.15, 0.2) is 59.5 Å². The van der Waals surface area contributed by atoms with Crippen molar-refractivity contribution in [1.82, 2.24) is 5.32 Å². The number of carboxylic acids is 1. The minimum atomic E-state index is -4.76. The van der Waals surface area contributed by atoms with Crippen LogP contribution in [-0.2, 0) is 21.1 Å². The third-order valence-electron chi connectivity index (χ3n) is 3.57. The fraction of sp³-hybridized carbons (Fsp3) is 0.176. The number of aliphatic carboxylic acids is 1. The first-order chi connectivity index (χ1) is 12.2. The Morgan fingerprint density at radius 2 is 1.58 bits per heavy atom. The summed E-state index contributed by atoms with van der Waals surface area (Å²) in [7, 11) is -4.76. The molecule has 0 radical (unpaired) electrons. The number of hydrogen-bond acceptors (Lipinski definition) is 4. The van der Waals surface area contributed by atoms with Crippen LogP contribution in [-0.4, -0.2) is 37.2 Å². The summed E-state index contributed by atoms with van der Waals surface area (Å²) in [6.07, 6.45) is 0.0553. The van der Waals surface area contributed by atoms with E-state index < -0.39 is 38.4 Å². The molecular weight excluding hydrogens is 368 g/mol. The van der Waals surface area contributed by atoms with E-state index in [4.69, 9.17) is 0 Å². The van der Waals surface area contributed by atoms with Crippen molar-refractivity contribution in [1.29, 1.82) is 0 Å². The number of benzene rings is 2. The van der Waals surface area contributed by atoms with Crippen molar-refractivity contribution < 1.29 is 31.9 Å². The third kappa shape index (κ3) is 4.63. The van der Waals surface area contributed by atoms with Crippen molar-refractivity contribution in [3.05, 3.63) is 65.7 Å². The van der Waals surface area contributed by atoms with Crippen molar-refractivity contribution >= 4 is 21.7 Å². The lowest BCUT2D eigenvalue weighted by atomic mass is 10.1. The van der Waals surface area contributed by atoms with Gasteiger partial charge >= 0.3 is 11.7 Å². The molecule has 2 rings (SSSR count). The number of hydrogen-bond donors (Lipinski definition) is 2. The maximum atomic E-state index is 12.5. The summed E-state index contributed by atoms with van der Waals surface area (Å²) in [6.45, 7) is 0. The molecule has 0 aromatic heterocycles. The van der Waals surface area contributed by atoms with Crippen LogP contribution < -0.4 is 5.32 Å². The normalized spacial score (nSPS) is 12.6. The molecule has 9 heteroatoms. The number of nitrogens with one attached hydrogen (secondary N) is 1. The number of carboxylic acid groups (broad SMARTS) is 1. The van der Waals surface area contributed by atoms with Gasteiger partial charge in [-0.1, -0.05) is 30.3 Å². The second-order valence-corrected chi connectivity index (χ2v) is 7.30. The zero-order valence-corrected chi connectivity index (χ0v) is 14.1. The van der Waals surface area contributed by atoms with Crippen molar-refractivity contribution in [3.8, 4) is 0 Å². The summed E-state index contributed by atoms with van der Waals surface area (Å²) in [4.78, 5) is 22.9. The Balaban J connectivity index is 2.13. The Bertz CT molecular complexity index is 883. The topological polar surface area (TPSA) is 101 Å². The van der Waals surface area contributed by atoms with Crippen molar-refractivity contribution in [3.63, 3.8) is 0 Å². The number of carbonyl (C=O) groups is 2. The van der Waals surface area contributed by atoms with Crippen molar-refractivity contribution in [2.75, 3.05) is 0 Å². The lowest BCUT2D eigenvalue weighted by molar-refractivity contribution is -0.139. The zero-order chi connectivity index (χ0) is 19.3. The van der Waals surface area contributed by atoms with Gasteiger partial charge in [0.1, 0.15) is 6.04 Å². The summed E-state index contributed by atoms with van der Waals surface area (Å²) < 4.78 is 47.7. The third-order valence-corrected chi connectivity index (χ3v) is 4.96. The summed E-state index contributed by atoms with van der Waals surface area (Å²) >= 11 is 0. The van der Waals surface area contributed by atoms with Crippen LogP contribution in [0.4, 0.5) is 8.78 Å². The number of rotatable bonds is 7. The Labute approximate surface area is 148 Å². The average molecular weight is 383 g/mol. The van der Waals surface area contributed by atoms with Gasteiger partial charge in [0.2, 0.25) is 9.84 Å². The van der Waals surface area contributed by atoms with Gasteiger partial charge < -0.3 is 10.4 Å². The number of sulfone groups is 1. The molecule has 1 atom stereocenters. The number of halogens is 2. The van der Waals surface area contributed by atoms with Gasteiger partial charge in [0, 0.05) is 12.0 Å². The van der Waals surface area contributed by atoms with Crippen LogP contribution in [0.1, 0.15) is 15.9 Å². The van der Waals surface area contributed by atoms with Gasteiger partial charge in [-0.05, 0) is 29.8 Å². The molecular formula is C17H15F2NO5S. The molecule has 26 heavy (non-hydrogen) atoms. The van der Waals surface area contributed by atoms with Gasteiger partial charge in [0.05, 0.1) is 4.90 Å². The molecule has 0 aliphatic rings. The van der Waals surface area contributed by atoms with Gasteiger partial charge in [-0.3, -0.25) is 4.79 Å². The molecule has 1 unspecified atom stereocenters. The van der Waals surface area contributed by atoms with Crippen LogP contribution in [0.25, 0.3) is 0 Å². The molecule has 0 saturated carbocycles. The molecule has 1 amide bonds. The minimum Gasteiger partial charge on any atom is -0.480 e. The van der Waals surface area contributed by atoms with Gasteiger partial charge in [0.25, 0.3) is 5.91 Å². The van der Waals surface area contributed by atoms with Crippen LogP contribution in [0.2, 0.25) is 0 Å². The summed E-state index contributed by atoms with van der Waals surface area (Å²) in [5.74, 6) is -5.56. The predicted molar refractivity (Wildman–Crippen MR) is 88.7 cm³/mol. The van der Waals surface area contributed by atoms with E-state index in [9.17, 15) is 31.9 Å². The first kappa shape index (κ1) is 19.5. The summed E-state index contributed by atoms with van der Waals surface area (Å²) in [5.41, 5.74) is 0.663. The van der Waals surface area contributed by atoms with Gasteiger partial charge in [-0.2, -0.15) is 8.78 Å². The fourth-order valence-electron chi connectivity index (χ4n) is 2.19. The smallest absolute Gasteiger partial charge is 0.341 e. The van der Waals surface area contributed by atoms with E-state index in [1.165, 1.54) is 0 Å². The van der Waals surface area contributed by atoms with E-state index in [0.717, 1.165) is 24.3 Å². The number of carbonyl (C=O) groups excluding carboxylic acids is 1. The molecule has 138 valence electrons. The molecule has 2 N–H and O–H groups in total. The van der Waals surface area contributed by atoms with Gasteiger partial charge in [0.15, 0.2) is 0 Å². The quantitative estimate of drug-likeness (QED) is 0.763. The molecule has 0 saturated heterocycles. The van der Waals surface area contributed by atoms with E-state index in [1.807, 2.05) is 0 Å². The Morgan fingerprint density at radius 3 is 2.08 bits per heavy atom. The molecule has 2 aromatic carbocycles. The highest BCUT2D eigenvalue weighted by atomic mass is 32.2.